The first-order valence-corrected chi connectivity index (χ1v) is 9.99. The van der Waals surface area contributed by atoms with Gasteiger partial charge in [-0.25, -0.2) is 8.42 Å². The Labute approximate surface area is 147 Å². The molecule has 0 heterocycles. The molecular weight excluding hydrogens is 334 g/mol. The number of nitrogens with one attached hydrogen (secondary N) is 1. The number of benzene rings is 3. The Morgan fingerprint density at radius 1 is 0.880 bits per heavy atom. The van der Waals surface area contributed by atoms with E-state index in [0.29, 0.717) is 17.7 Å². The van der Waals surface area contributed by atoms with Crippen molar-refractivity contribution in [2.45, 2.75) is 12.3 Å². The van der Waals surface area contributed by atoms with Gasteiger partial charge < -0.3 is 5.32 Å². The van der Waals surface area contributed by atoms with Crippen LogP contribution in [0.1, 0.15) is 21.5 Å². The molecule has 0 saturated carbocycles. The molecule has 0 atom stereocenters. The van der Waals surface area contributed by atoms with Gasteiger partial charge in [0.1, 0.15) is 0 Å². The van der Waals surface area contributed by atoms with Crippen LogP contribution in [0.3, 0.4) is 0 Å². The zero-order chi connectivity index (χ0) is 17.9. The zero-order valence-electron chi connectivity index (χ0n) is 13.9. The third-order valence-electron chi connectivity index (χ3n) is 3.91. The van der Waals surface area contributed by atoms with E-state index in [1.54, 1.807) is 24.3 Å². The van der Waals surface area contributed by atoms with Gasteiger partial charge in [0.05, 0.1) is 5.75 Å². The van der Waals surface area contributed by atoms with E-state index >= 15 is 0 Å². The summed E-state index contributed by atoms with van der Waals surface area (Å²) in [5.74, 6) is -0.203. The molecule has 3 rings (SSSR count). The smallest absolute Gasteiger partial charge is 0.251 e. The van der Waals surface area contributed by atoms with Crippen molar-refractivity contribution in [3.8, 4) is 0 Å². The average molecular weight is 353 g/mol. The first-order chi connectivity index (χ1) is 11.9. The maximum atomic E-state index is 12.2. The average Bonchev–Trinajstić information content (AvgIpc) is 2.59. The lowest BCUT2D eigenvalue weighted by Gasteiger charge is -2.07. The van der Waals surface area contributed by atoms with Crippen LogP contribution in [0, 0.1) is 0 Å². The Kier molecular flexibility index (Phi) is 4.86. The van der Waals surface area contributed by atoms with Crippen LogP contribution in [0.5, 0.6) is 0 Å². The van der Waals surface area contributed by atoms with E-state index in [-0.39, 0.29) is 11.7 Å². The molecule has 3 aromatic rings. The SMILES string of the molecule is CS(=O)(=O)Cc1ccc(C(=O)NCc2ccc3ccccc3c2)cc1. The standard InChI is InChI=1S/C20H19NO3S/c1-25(23,24)14-15-6-10-18(11-7-15)20(22)21-13-16-8-9-17-4-2-3-5-19(17)12-16/h2-12H,13-14H2,1H3,(H,21,22). The summed E-state index contributed by atoms with van der Waals surface area (Å²) in [5, 5.41) is 5.19. The van der Waals surface area contributed by atoms with E-state index in [1.807, 2.05) is 30.3 Å². The Morgan fingerprint density at radius 2 is 1.52 bits per heavy atom. The molecule has 0 aliphatic rings. The fourth-order valence-electron chi connectivity index (χ4n) is 2.69. The van der Waals surface area contributed by atoms with Gasteiger partial charge in [0.2, 0.25) is 0 Å². The summed E-state index contributed by atoms with van der Waals surface area (Å²) in [6.07, 6.45) is 1.19. The van der Waals surface area contributed by atoms with E-state index in [2.05, 4.69) is 17.4 Å². The normalized spacial score (nSPS) is 11.4. The van der Waals surface area contributed by atoms with Crippen molar-refractivity contribution in [3.63, 3.8) is 0 Å². The van der Waals surface area contributed by atoms with Gasteiger partial charge in [-0.1, -0.05) is 48.5 Å². The molecule has 0 aliphatic carbocycles. The van der Waals surface area contributed by atoms with Crippen LogP contribution < -0.4 is 5.32 Å². The summed E-state index contributed by atoms with van der Waals surface area (Å²) >= 11 is 0. The molecule has 5 heteroatoms. The van der Waals surface area contributed by atoms with Crippen molar-refractivity contribution in [3.05, 3.63) is 83.4 Å². The molecular formula is C20H19NO3S. The lowest BCUT2D eigenvalue weighted by Crippen LogP contribution is -2.22. The largest absolute Gasteiger partial charge is 0.348 e. The number of carbonyl (C=O) groups excluding carboxylic acids is 1. The van der Waals surface area contributed by atoms with Gasteiger partial charge in [0.15, 0.2) is 9.84 Å². The van der Waals surface area contributed by atoms with Crippen molar-refractivity contribution in [2.75, 3.05) is 6.26 Å². The highest BCUT2D eigenvalue weighted by atomic mass is 32.2. The van der Waals surface area contributed by atoms with Crippen molar-refractivity contribution < 1.29 is 13.2 Å². The maximum Gasteiger partial charge on any atom is 0.251 e. The molecule has 0 aromatic heterocycles. The summed E-state index contributed by atoms with van der Waals surface area (Å²) < 4.78 is 22.6. The molecule has 0 bridgehead atoms. The molecule has 0 unspecified atom stereocenters. The molecule has 1 amide bonds. The number of hydrogen-bond donors (Lipinski definition) is 1. The molecule has 4 nitrogen and oxygen atoms in total. The Hall–Kier alpha value is -2.66. The van der Waals surface area contributed by atoms with Crippen molar-refractivity contribution in [1.29, 1.82) is 0 Å². The number of amides is 1. The van der Waals surface area contributed by atoms with Gasteiger partial charge in [-0.05, 0) is 40.1 Å². The highest BCUT2D eigenvalue weighted by Crippen LogP contribution is 2.15. The number of fused-ring (bicyclic) bond motifs is 1. The van der Waals surface area contributed by atoms with Crippen molar-refractivity contribution >= 4 is 26.5 Å². The number of sulfone groups is 1. The second-order valence-corrected chi connectivity index (χ2v) is 8.27. The summed E-state index contributed by atoms with van der Waals surface area (Å²) in [6.45, 7) is 0.439. The summed E-state index contributed by atoms with van der Waals surface area (Å²) in [5.41, 5.74) is 2.22. The first kappa shape index (κ1) is 17.2. The minimum atomic E-state index is -3.08. The van der Waals surface area contributed by atoms with Gasteiger partial charge in [0, 0.05) is 18.4 Å². The molecule has 0 aliphatic heterocycles. The summed E-state index contributed by atoms with van der Waals surface area (Å²) in [6, 6.07) is 20.8. The third-order valence-corrected chi connectivity index (χ3v) is 4.77. The predicted octanol–water partition coefficient (Wildman–Crippen LogP) is 3.31. The minimum absolute atomic E-state index is 0.0218. The molecule has 0 spiro atoms. The van der Waals surface area contributed by atoms with Crippen LogP contribution in [-0.2, 0) is 22.1 Å². The lowest BCUT2D eigenvalue weighted by atomic mass is 10.1. The second-order valence-electron chi connectivity index (χ2n) is 6.13. The Balaban J connectivity index is 1.65. The van der Waals surface area contributed by atoms with Crippen LogP contribution in [0.25, 0.3) is 10.8 Å². The van der Waals surface area contributed by atoms with Gasteiger partial charge in [0.25, 0.3) is 5.91 Å². The van der Waals surface area contributed by atoms with Crippen LogP contribution in [0.15, 0.2) is 66.7 Å². The molecule has 25 heavy (non-hydrogen) atoms. The van der Waals surface area contributed by atoms with Crippen molar-refractivity contribution in [1.82, 2.24) is 5.32 Å². The van der Waals surface area contributed by atoms with Gasteiger partial charge >= 0.3 is 0 Å². The van der Waals surface area contributed by atoms with Crippen LogP contribution >= 0.6 is 0 Å². The van der Waals surface area contributed by atoms with E-state index < -0.39 is 9.84 Å². The summed E-state index contributed by atoms with van der Waals surface area (Å²) in [4.78, 5) is 12.2. The number of carbonyl (C=O) groups is 1. The third kappa shape index (κ3) is 4.67. The Morgan fingerprint density at radius 3 is 2.20 bits per heavy atom. The van der Waals surface area contributed by atoms with Crippen molar-refractivity contribution in [2.24, 2.45) is 0 Å². The predicted molar refractivity (Wildman–Crippen MR) is 100 cm³/mol. The maximum absolute atomic E-state index is 12.2. The summed E-state index contributed by atoms with van der Waals surface area (Å²) in [7, 11) is -3.08. The number of hydrogen-bond acceptors (Lipinski definition) is 3. The van der Waals surface area contributed by atoms with Crippen LogP contribution in [0.4, 0.5) is 0 Å². The Bertz CT molecular complexity index is 1010. The first-order valence-electron chi connectivity index (χ1n) is 7.93. The monoisotopic (exact) mass is 353 g/mol. The van der Waals surface area contributed by atoms with E-state index in [9.17, 15) is 13.2 Å². The van der Waals surface area contributed by atoms with E-state index in [0.717, 1.165) is 10.9 Å². The highest BCUT2D eigenvalue weighted by Gasteiger charge is 2.08. The van der Waals surface area contributed by atoms with E-state index in [1.165, 1.54) is 11.6 Å². The topological polar surface area (TPSA) is 63.2 Å². The molecule has 0 fully saturated rings. The van der Waals surface area contributed by atoms with Crippen LogP contribution in [-0.4, -0.2) is 20.6 Å². The van der Waals surface area contributed by atoms with Crippen LogP contribution in [0.2, 0.25) is 0 Å². The zero-order valence-corrected chi connectivity index (χ0v) is 14.7. The molecule has 1 N–H and O–H groups in total. The van der Waals surface area contributed by atoms with E-state index in [4.69, 9.17) is 0 Å². The molecule has 128 valence electrons. The fourth-order valence-corrected chi connectivity index (χ4v) is 3.49. The molecule has 3 aromatic carbocycles. The quantitative estimate of drug-likeness (QED) is 0.765. The minimum Gasteiger partial charge on any atom is -0.348 e. The molecule has 0 radical (unpaired) electrons. The lowest BCUT2D eigenvalue weighted by molar-refractivity contribution is 0.0951. The second kappa shape index (κ2) is 7.07. The number of rotatable bonds is 5. The molecule has 0 saturated heterocycles. The van der Waals surface area contributed by atoms with Gasteiger partial charge in [-0.2, -0.15) is 0 Å². The highest BCUT2D eigenvalue weighted by molar-refractivity contribution is 7.89. The van der Waals surface area contributed by atoms with Gasteiger partial charge in [-0.15, -0.1) is 0 Å². The van der Waals surface area contributed by atoms with Gasteiger partial charge in [-0.3, -0.25) is 4.79 Å². The fraction of sp³-hybridized carbons (Fsp3) is 0.150.